The van der Waals surface area contributed by atoms with Crippen molar-refractivity contribution in [3.05, 3.63) is 64.4 Å². The average Bonchev–Trinajstić information content (AvgIpc) is 3.26. The van der Waals surface area contributed by atoms with E-state index in [-0.39, 0.29) is 46.7 Å². The molecule has 1 N–H and O–H groups in total. The Morgan fingerprint density at radius 2 is 1.49 bits per heavy atom. The molecule has 10 nitrogen and oxygen atoms in total. The molecule has 202 valence electrons. The number of rotatable bonds is 7. The minimum Gasteiger partial charge on any atom is -0.502 e. The highest BCUT2D eigenvalue weighted by Gasteiger charge is 2.39. The topological polar surface area (TPSA) is 119 Å². The number of phenols is 1. The van der Waals surface area contributed by atoms with E-state index in [1.165, 1.54) is 35.5 Å². The molecule has 2 heterocycles. The van der Waals surface area contributed by atoms with Crippen LogP contribution in [-0.2, 0) is 4.79 Å². The third kappa shape index (κ3) is 4.23. The first kappa shape index (κ1) is 25.8. The van der Waals surface area contributed by atoms with E-state index in [0.717, 1.165) is 0 Å². The zero-order valence-electron chi connectivity index (χ0n) is 21.9. The highest BCUT2D eigenvalue weighted by Crippen LogP contribution is 2.51. The number of aromatic hydroxyl groups is 1. The Balaban J connectivity index is 1.63. The van der Waals surface area contributed by atoms with Crippen LogP contribution in [0.4, 0.5) is 0 Å². The Bertz CT molecular complexity index is 1500. The third-order valence-corrected chi connectivity index (χ3v) is 6.71. The van der Waals surface area contributed by atoms with Crippen LogP contribution in [0.15, 0.2) is 42.2 Å². The number of hydrogen-bond acceptors (Lipinski definition) is 10. The maximum atomic E-state index is 13.4. The summed E-state index contributed by atoms with van der Waals surface area (Å²) in [6, 6.07) is 9.80. The second kappa shape index (κ2) is 10.1. The van der Waals surface area contributed by atoms with Gasteiger partial charge in [0.1, 0.15) is 11.5 Å². The molecule has 10 heteroatoms. The van der Waals surface area contributed by atoms with E-state index in [2.05, 4.69) is 0 Å². The predicted octanol–water partition coefficient (Wildman–Crippen LogP) is 4.49. The van der Waals surface area contributed by atoms with E-state index in [9.17, 15) is 14.7 Å². The quantitative estimate of drug-likeness (QED) is 0.264. The number of carbonyl (C=O) groups is 2. The number of methoxy groups -OCH3 is 5. The van der Waals surface area contributed by atoms with Gasteiger partial charge in [0.2, 0.25) is 17.3 Å². The van der Waals surface area contributed by atoms with Gasteiger partial charge >= 0.3 is 5.97 Å². The van der Waals surface area contributed by atoms with Crippen LogP contribution in [0.1, 0.15) is 39.4 Å². The molecule has 0 unspecified atom stereocenters. The molecule has 1 atom stereocenters. The summed E-state index contributed by atoms with van der Waals surface area (Å²) < 4.78 is 38.6. The first-order valence-corrected chi connectivity index (χ1v) is 11.9. The Morgan fingerprint density at radius 3 is 2.10 bits per heavy atom. The van der Waals surface area contributed by atoms with Crippen molar-refractivity contribution < 1.29 is 47.9 Å². The van der Waals surface area contributed by atoms with E-state index in [4.69, 9.17) is 33.2 Å². The van der Waals surface area contributed by atoms with Crippen LogP contribution in [0.5, 0.6) is 46.0 Å². The van der Waals surface area contributed by atoms with Gasteiger partial charge in [-0.3, -0.25) is 9.59 Å². The number of benzene rings is 3. The highest BCUT2D eigenvalue weighted by atomic mass is 16.5. The van der Waals surface area contributed by atoms with E-state index in [1.54, 1.807) is 42.5 Å². The van der Waals surface area contributed by atoms with Gasteiger partial charge in [0.05, 0.1) is 47.5 Å². The number of allylic oxidation sites excluding steroid dienone is 1. The van der Waals surface area contributed by atoms with Crippen molar-refractivity contribution in [1.29, 1.82) is 0 Å². The summed E-state index contributed by atoms with van der Waals surface area (Å²) in [5.41, 5.74) is 2.00. The lowest BCUT2D eigenvalue weighted by molar-refractivity contribution is -0.135. The number of carbonyl (C=O) groups excluding carboxylic acids is 2. The molecule has 0 aliphatic carbocycles. The zero-order chi connectivity index (χ0) is 27.8. The van der Waals surface area contributed by atoms with E-state index in [0.29, 0.717) is 39.5 Å². The summed E-state index contributed by atoms with van der Waals surface area (Å²) in [4.78, 5) is 26.0. The number of ketones is 1. The monoisotopic (exact) mass is 534 g/mol. The molecular weight excluding hydrogens is 508 g/mol. The van der Waals surface area contributed by atoms with Crippen molar-refractivity contribution in [3.8, 4) is 46.0 Å². The lowest BCUT2D eigenvalue weighted by atomic mass is 9.84. The summed E-state index contributed by atoms with van der Waals surface area (Å²) in [6.45, 7) is 0. The van der Waals surface area contributed by atoms with Gasteiger partial charge in [-0.25, -0.2) is 0 Å². The van der Waals surface area contributed by atoms with E-state index < -0.39 is 11.9 Å². The molecule has 2 aliphatic rings. The van der Waals surface area contributed by atoms with Crippen LogP contribution >= 0.6 is 0 Å². The summed E-state index contributed by atoms with van der Waals surface area (Å²) in [6.07, 6.45) is 1.53. The van der Waals surface area contributed by atoms with Crippen molar-refractivity contribution in [3.63, 3.8) is 0 Å². The summed E-state index contributed by atoms with van der Waals surface area (Å²) in [7, 11) is 7.33. The van der Waals surface area contributed by atoms with Gasteiger partial charge in [0.25, 0.3) is 0 Å². The fraction of sp³-hybridized carbons (Fsp3) is 0.241. The first-order chi connectivity index (χ1) is 18.8. The molecule has 0 radical (unpaired) electrons. The van der Waals surface area contributed by atoms with Gasteiger partial charge in [-0.15, -0.1) is 0 Å². The molecule has 3 aromatic carbocycles. The molecule has 0 bridgehead atoms. The van der Waals surface area contributed by atoms with Crippen molar-refractivity contribution in [2.45, 2.75) is 12.3 Å². The van der Waals surface area contributed by atoms with Crippen LogP contribution in [0.2, 0.25) is 0 Å². The Kier molecular flexibility index (Phi) is 6.69. The molecule has 39 heavy (non-hydrogen) atoms. The highest BCUT2D eigenvalue weighted by molar-refractivity contribution is 6.15. The molecule has 0 spiro atoms. The fourth-order valence-corrected chi connectivity index (χ4v) is 4.89. The second-order valence-corrected chi connectivity index (χ2v) is 8.72. The largest absolute Gasteiger partial charge is 0.502 e. The minimum atomic E-state index is -0.567. The van der Waals surface area contributed by atoms with Gasteiger partial charge in [0.15, 0.2) is 28.8 Å². The molecule has 0 aromatic heterocycles. The molecule has 2 aliphatic heterocycles. The smallest absolute Gasteiger partial charge is 0.312 e. The summed E-state index contributed by atoms with van der Waals surface area (Å²) in [5, 5.41) is 10.4. The third-order valence-electron chi connectivity index (χ3n) is 6.71. The summed E-state index contributed by atoms with van der Waals surface area (Å²) >= 11 is 0. The molecule has 0 saturated heterocycles. The van der Waals surface area contributed by atoms with E-state index >= 15 is 0 Å². The van der Waals surface area contributed by atoms with Crippen LogP contribution in [0.25, 0.3) is 6.08 Å². The molecule has 5 rings (SSSR count). The van der Waals surface area contributed by atoms with Gasteiger partial charge in [-0.1, -0.05) is 0 Å². The normalized spacial score (nSPS) is 16.6. The molecule has 0 fully saturated rings. The lowest BCUT2D eigenvalue weighted by Gasteiger charge is -2.27. The van der Waals surface area contributed by atoms with Crippen molar-refractivity contribution >= 4 is 17.8 Å². The standard InChI is InChI=1S/C29H26O10/c1-33-19-8-6-14(27(36-4)29(19)37-5)10-22-25(31)16-7-9-18-24(28(16)39-22)17(13-23(30)38-18)15-11-20(34-2)26(32)21(12-15)35-3/h6-12,17,32H,13H2,1-5H3/b22-10+/t17-/m1/s1. The van der Waals surface area contributed by atoms with Gasteiger partial charge in [0, 0.05) is 17.0 Å². The molecule has 0 amide bonds. The molecular formula is C29H26O10. The molecule has 3 aromatic rings. The number of Topliss-reactive ketones (excluding diaryl/α,β-unsaturated/α-hetero) is 1. The number of esters is 1. The van der Waals surface area contributed by atoms with Gasteiger partial charge in [-0.2, -0.15) is 0 Å². The number of hydrogen-bond donors (Lipinski definition) is 1. The van der Waals surface area contributed by atoms with Gasteiger partial charge in [-0.05, 0) is 48.0 Å². The van der Waals surface area contributed by atoms with Crippen LogP contribution in [-0.4, -0.2) is 52.4 Å². The number of fused-ring (bicyclic) bond motifs is 3. The van der Waals surface area contributed by atoms with E-state index in [1.807, 2.05) is 0 Å². The van der Waals surface area contributed by atoms with Crippen molar-refractivity contribution in [2.24, 2.45) is 0 Å². The Hall–Kier alpha value is -4.86. The minimum absolute atomic E-state index is 0.0271. The number of ether oxygens (including phenoxy) is 7. The summed E-state index contributed by atoms with van der Waals surface area (Å²) in [5.74, 6) is 0.651. The van der Waals surface area contributed by atoms with Crippen LogP contribution in [0.3, 0.4) is 0 Å². The van der Waals surface area contributed by atoms with Crippen molar-refractivity contribution in [2.75, 3.05) is 35.5 Å². The van der Waals surface area contributed by atoms with Gasteiger partial charge < -0.3 is 38.3 Å². The number of phenolic OH excluding ortho intramolecular Hbond substituents is 1. The zero-order valence-corrected chi connectivity index (χ0v) is 21.9. The Labute approximate surface area is 224 Å². The fourth-order valence-electron chi connectivity index (χ4n) is 4.89. The predicted molar refractivity (Wildman–Crippen MR) is 139 cm³/mol. The SMILES string of the molecule is COc1cc([C@H]2CC(=O)Oc3ccc4c(c32)O/C(=C/c2ccc(OC)c(OC)c2OC)C4=O)cc(OC)c1O. The average molecular weight is 535 g/mol. The van der Waals surface area contributed by atoms with Crippen molar-refractivity contribution in [1.82, 2.24) is 0 Å². The molecule has 0 saturated carbocycles. The second-order valence-electron chi connectivity index (χ2n) is 8.72. The Morgan fingerprint density at radius 1 is 0.821 bits per heavy atom. The first-order valence-electron chi connectivity index (χ1n) is 11.9. The lowest BCUT2D eigenvalue weighted by Crippen LogP contribution is -2.21. The maximum absolute atomic E-state index is 13.4. The van der Waals surface area contributed by atoms with Crippen LogP contribution in [0, 0.1) is 0 Å². The maximum Gasteiger partial charge on any atom is 0.312 e. The van der Waals surface area contributed by atoms with Crippen LogP contribution < -0.4 is 33.2 Å².